The van der Waals surface area contributed by atoms with Crippen LogP contribution in [0.3, 0.4) is 0 Å². The third kappa shape index (κ3) is 10.8. The van der Waals surface area contributed by atoms with E-state index in [0.29, 0.717) is 32.0 Å². The summed E-state index contributed by atoms with van der Waals surface area (Å²) in [4.78, 5) is 34.2. The molecule has 0 aliphatic carbocycles. The number of para-hydroxylation sites is 2. The van der Waals surface area contributed by atoms with Gasteiger partial charge in [-0.15, -0.1) is 0 Å². The maximum Gasteiger partial charge on any atom is 0.242 e. The fourth-order valence-corrected chi connectivity index (χ4v) is 5.63. The summed E-state index contributed by atoms with van der Waals surface area (Å²) in [5.74, 6) is 1.12. The third-order valence-electron chi connectivity index (χ3n) is 7.99. The molecule has 1 heterocycles. The minimum atomic E-state index is -0.0261. The van der Waals surface area contributed by atoms with E-state index in [9.17, 15) is 9.59 Å². The lowest BCUT2D eigenvalue weighted by molar-refractivity contribution is -0.141. The molecule has 0 saturated carbocycles. The van der Waals surface area contributed by atoms with E-state index in [1.54, 1.807) is 12.0 Å². The van der Waals surface area contributed by atoms with Crippen molar-refractivity contribution < 1.29 is 14.3 Å². The largest absolute Gasteiger partial charge is 0.496 e. The molecule has 0 fully saturated rings. The minimum Gasteiger partial charge on any atom is -0.496 e. The number of rotatable bonds is 20. The van der Waals surface area contributed by atoms with Gasteiger partial charge in [-0.2, -0.15) is 0 Å². The number of unbranched alkanes of at least 4 members (excludes halogenated alkanes) is 8. The molecule has 0 radical (unpaired) electrons. The second-order valence-electron chi connectivity index (χ2n) is 12.0. The standard InChI is InChI=1S/C36H53N3O3/c1-5-6-7-8-9-10-11-12-13-22-35(40)39(26-29(2)3)28-36(41)38(27-31-18-14-17-21-34(31)42-4)24-23-30-25-37-33-20-16-15-19-32(30)33/h14-21,25,29,37H,5-13,22-24,26-28H2,1-4H3. The van der Waals surface area contributed by atoms with Gasteiger partial charge in [-0.25, -0.2) is 0 Å². The summed E-state index contributed by atoms with van der Waals surface area (Å²) in [6.45, 7) is 8.15. The van der Waals surface area contributed by atoms with Crippen molar-refractivity contribution in [2.75, 3.05) is 26.7 Å². The van der Waals surface area contributed by atoms with Crippen LogP contribution >= 0.6 is 0 Å². The molecule has 0 bridgehead atoms. The molecule has 230 valence electrons. The van der Waals surface area contributed by atoms with Gasteiger partial charge in [0.05, 0.1) is 13.7 Å². The van der Waals surface area contributed by atoms with Crippen LogP contribution in [-0.4, -0.2) is 53.3 Å². The summed E-state index contributed by atoms with van der Waals surface area (Å²) >= 11 is 0. The van der Waals surface area contributed by atoms with Crippen LogP contribution in [0, 0.1) is 5.92 Å². The number of H-pyrrole nitrogens is 1. The highest BCUT2D eigenvalue weighted by Gasteiger charge is 2.23. The van der Waals surface area contributed by atoms with Gasteiger partial charge in [-0.1, -0.05) is 109 Å². The molecule has 0 atom stereocenters. The predicted octanol–water partition coefficient (Wildman–Crippen LogP) is 8.15. The molecule has 3 rings (SSSR count). The smallest absolute Gasteiger partial charge is 0.242 e. The molecule has 6 heteroatoms. The number of amides is 2. The van der Waals surface area contributed by atoms with E-state index >= 15 is 0 Å². The van der Waals surface area contributed by atoms with E-state index in [1.165, 1.54) is 55.9 Å². The highest BCUT2D eigenvalue weighted by Crippen LogP contribution is 2.22. The summed E-state index contributed by atoms with van der Waals surface area (Å²) in [5.41, 5.74) is 3.24. The van der Waals surface area contributed by atoms with Gasteiger partial charge in [-0.05, 0) is 36.5 Å². The second kappa shape index (κ2) is 18.3. The molecule has 1 aromatic heterocycles. The van der Waals surface area contributed by atoms with Crippen molar-refractivity contribution in [1.29, 1.82) is 0 Å². The molecular weight excluding hydrogens is 522 g/mol. The van der Waals surface area contributed by atoms with E-state index in [-0.39, 0.29) is 18.4 Å². The van der Waals surface area contributed by atoms with Crippen LogP contribution in [0.25, 0.3) is 10.9 Å². The van der Waals surface area contributed by atoms with E-state index in [4.69, 9.17) is 4.74 Å². The number of carbonyl (C=O) groups excluding carboxylic acids is 2. The number of hydrogen-bond donors (Lipinski definition) is 1. The number of ether oxygens (including phenoxy) is 1. The quantitative estimate of drug-likeness (QED) is 0.138. The van der Waals surface area contributed by atoms with Gasteiger partial charge >= 0.3 is 0 Å². The number of aromatic amines is 1. The summed E-state index contributed by atoms with van der Waals surface area (Å²) in [7, 11) is 1.66. The highest BCUT2D eigenvalue weighted by atomic mass is 16.5. The molecule has 6 nitrogen and oxygen atoms in total. The fourth-order valence-electron chi connectivity index (χ4n) is 5.63. The number of benzene rings is 2. The number of aromatic nitrogens is 1. The van der Waals surface area contributed by atoms with Crippen molar-refractivity contribution in [3.8, 4) is 5.75 Å². The van der Waals surface area contributed by atoms with E-state index < -0.39 is 0 Å². The molecule has 0 aliphatic rings. The molecule has 0 spiro atoms. The monoisotopic (exact) mass is 575 g/mol. The van der Waals surface area contributed by atoms with E-state index in [0.717, 1.165) is 36.1 Å². The third-order valence-corrected chi connectivity index (χ3v) is 7.99. The maximum atomic E-state index is 13.9. The SMILES string of the molecule is CCCCCCCCCCCC(=O)N(CC(=O)N(CCc1c[nH]c2ccccc12)Cc1ccccc1OC)CC(C)C. The van der Waals surface area contributed by atoms with Crippen LogP contribution in [0.15, 0.2) is 54.7 Å². The number of nitrogens with zero attached hydrogens (tertiary/aromatic N) is 2. The first-order chi connectivity index (χ1) is 20.4. The predicted molar refractivity (Wildman–Crippen MR) is 174 cm³/mol. The normalized spacial score (nSPS) is 11.3. The van der Waals surface area contributed by atoms with Crippen molar-refractivity contribution in [1.82, 2.24) is 14.8 Å². The van der Waals surface area contributed by atoms with Crippen molar-refractivity contribution in [3.05, 3.63) is 65.9 Å². The Bertz CT molecular complexity index is 1220. The fraction of sp³-hybridized carbons (Fsp3) is 0.556. The minimum absolute atomic E-state index is 0.0261. The number of nitrogens with one attached hydrogen (secondary N) is 1. The maximum absolute atomic E-state index is 13.9. The van der Waals surface area contributed by atoms with Crippen molar-refractivity contribution in [2.24, 2.45) is 5.92 Å². The number of carbonyl (C=O) groups is 2. The zero-order valence-electron chi connectivity index (χ0n) is 26.5. The lowest BCUT2D eigenvalue weighted by Crippen LogP contribution is -2.44. The lowest BCUT2D eigenvalue weighted by Gasteiger charge is -2.29. The van der Waals surface area contributed by atoms with Crippen molar-refractivity contribution in [3.63, 3.8) is 0 Å². The van der Waals surface area contributed by atoms with Gasteiger partial charge in [-0.3, -0.25) is 9.59 Å². The average molecular weight is 576 g/mol. The van der Waals surface area contributed by atoms with Crippen molar-refractivity contribution >= 4 is 22.7 Å². The Hall–Kier alpha value is -3.28. The molecule has 0 aliphatic heterocycles. The van der Waals surface area contributed by atoms with Gasteiger partial charge in [0.2, 0.25) is 11.8 Å². The van der Waals surface area contributed by atoms with Crippen LogP contribution < -0.4 is 4.74 Å². The zero-order valence-corrected chi connectivity index (χ0v) is 26.5. The number of methoxy groups -OCH3 is 1. The Morgan fingerprint density at radius 3 is 2.19 bits per heavy atom. The molecular formula is C36H53N3O3. The molecule has 1 N–H and O–H groups in total. The van der Waals surface area contributed by atoms with Crippen LogP contribution in [0.2, 0.25) is 0 Å². The summed E-state index contributed by atoms with van der Waals surface area (Å²) < 4.78 is 5.59. The molecule has 0 saturated heterocycles. The Balaban J connectivity index is 1.63. The molecule has 2 aromatic carbocycles. The number of hydrogen-bond acceptors (Lipinski definition) is 3. The molecule has 0 unspecified atom stereocenters. The molecule has 2 amide bonds. The zero-order chi connectivity index (χ0) is 30.2. The number of fused-ring (bicyclic) bond motifs is 1. The van der Waals surface area contributed by atoms with Gasteiger partial charge < -0.3 is 19.5 Å². The Morgan fingerprint density at radius 1 is 0.810 bits per heavy atom. The topological polar surface area (TPSA) is 65.6 Å². The first-order valence-corrected chi connectivity index (χ1v) is 16.1. The second-order valence-corrected chi connectivity index (χ2v) is 12.0. The van der Waals surface area contributed by atoms with Crippen molar-refractivity contribution in [2.45, 2.75) is 97.9 Å². The van der Waals surface area contributed by atoms with Crippen LogP contribution in [0.1, 0.15) is 96.1 Å². The Labute approximate surface area is 253 Å². The lowest BCUT2D eigenvalue weighted by atomic mass is 10.1. The average Bonchev–Trinajstić information content (AvgIpc) is 3.41. The Morgan fingerprint density at radius 2 is 1.48 bits per heavy atom. The summed E-state index contributed by atoms with van der Waals surface area (Å²) in [6.07, 6.45) is 14.2. The van der Waals surface area contributed by atoms with Gasteiger partial charge in [0.15, 0.2) is 0 Å². The highest BCUT2D eigenvalue weighted by molar-refractivity contribution is 5.85. The van der Waals surface area contributed by atoms with Gasteiger partial charge in [0.1, 0.15) is 5.75 Å². The summed E-state index contributed by atoms with van der Waals surface area (Å²) in [5, 5.41) is 1.18. The van der Waals surface area contributed by atoms with Crippen LogP contribution in [0.5, 0.6) is 5.75 Å². The van der Waals surface area contributed by atoms with E-state index in [2.05, 4.69) is 37.9 Å². The molecule has 42 heavy (non-hydrogen) atoms. The van der Waals surface area contributed by atoms with Gasteiger partial charge in [0.25, 0.3) is 0 Å². The Kier molecular flexibility index (Phi) is 14.5. The van der Waals surface area contributed by atoms with E-state index in [1.807, 2.05) is 47.5 Å². The summed E-state index contributed by atoms with van der Waals surface area (Å²) in [6, 6.07) is 16.1. The van der Waals surface area contributed by atoms with Crippen LogP contribution in [0.4, 0.5) is 0 Å². The van der Waals surface area contributed by atoms with Crippen LogP contribution in [-0.2, 0) is 22.6 Å². The molecule has 3 aromatic rings. The first kappa shape index (κ1) is 33.2. The van der Waals surface area contributed by atoms with Gasteiger partial charge in [0, 0.05) is 48.7 Å². The first-order valence-electron chi connectivity index (χ1n) is 16.1.